The van der Waals surface area contributed by atoms with Gasteiger partial charge in [0.15, 0.2) is 0 Å². The Labute approximate surface area is 230 Å². The van der Waals surface area contributed by atoms with Gasteiger partial charge in [-0.15, -0.1) is 0 Å². The van der Waals surface area contributed by atoms with Crippen LogP contribution in [0.15, 0.2) is 83.8 Å². The zero-order valence-corrected chi connectivity index (χ0v) is 23.5. The molecule has 7 nitrogen and oxygen atoms in total. The fourth-order valence-electron chi connectivity index (χ4n) is 3.91. The van der Waals surface area contributed by atoms with Crippen LogP contribution in [0.2, 0.25) is 5.02 Å². The van der Waals surface area contributed by atoms with Gasteiger partial charge in [-0.05, 0) is 62.2 Å². The molecule has 3 aromatic rings. The largest absolute Gasteiger partial charge is 0.354 e. The van der Waals surface area contributed by atoms with Crippen molar-refractivity contribution in [3.63, 3.8) is 0 Å². The number of carbonyl (C=O) groups excluding carboxylic acids is 2. The van der Waals surface area contributed by atoms with Crippen LogP contribution in [0.25, 0.3) is 0 Å². The van der Waals surface area contributed by atoms with E-state index >= 15 is 0 Å². The van der Waals surface area contributed by atoms with Gasteiger partial charge in [-0.1, -0.05) is 73.0 Å². The fourth-order valence-corrected chi connectivity index (χ4v) is 5.54. The second kappa shape index (κ2) is 13.4. The number of aryl methyl sites for hydroxylation is 1. The molecule has 0 aliphatic rings. The van der Waals surface area contributed by atoms with E-state index in [9.17, 15) is 18.0 Å². The molecule has 0 aliphatic heterocycles. The summed E-state index contributed by atoms with van der Waals surface area (Å²) in [6, 6.07) is 21.2. The molecule has 0 saturated carbocycles. The van der Waals surface area contributed by atoms with Gasteiger partial charge in [-0.25, -0.2) is 8.42 Å². The van der Waals surface area contributed by atoms with E-state index in [1.807, 2.05) is 19.9 Å². The lowest BCUT2D eigenvalue weighted by Gasteiger charge is -2.32. The van der Waals surface area contributed by atoms with Crippen molar-refractivity contribution in [1.82, 2.24) is 10.2 Å². The number of carbonyl (C=O) groups is 2. The summed E-state index contributed by atoms with van der Waals surface area (Å²) in [5, 5.41) is 3.37. The van der Waals surface area contributed by atoms with Crippen molar-refractivity contribution in [2.45, 2.75) is 51.1 Å². The summed E-state index contributed by atoms with van der Waals surface area (Å²) in [5.74, 6) is -0.816. The minimum absolute atomic E-state index is 0.0755. The lowest BCUT2D eigenvalue weighted by Crippen LogP contribution is -2.51. The average molecular weight is 556 g/mol. The quantitative estimate of drug-likeness (QED) is 0.312. The molecular weight excluding hydrogens is 522 g/mol. The van der Waals surface area contributed by atoms with Gasteiger partial charge >= 0.3 is 0 Å². The van der Waals surface area contributed by atoms with Crippen LogP contribution in [-0.4, -0.2) is 44.3 Å². The van der Waals surface area contributed by atoms with Crippen molar-refractivity contribution in [2.24, 2.45) is 0 Å². The highest BCUT2D eigenvalue weighted by Crippen LogP contribution is 2.25. The fraction of sp³-hybridized carbons (Fsp3) is 0.310. The van der Waals surface area contributed by atoms with Gasteiger partial charge in [-0.2, -0.15) is 0 Å². The molecule has 0 bridgehead atoms. The van der Waals surface area contributed by atoms with Crippen LogP contribution < -0.4 is 9.62 Å². The number of benzene rings is 3. The molecule has 1 N–H and O–H groups in total. The molecule has 9 heteroatoms. The Bertz CT molecular complexity index is 1330. The number of sulfonamides is 1. The second-order valence-corrected chi connectivity index (χ2v) is 11.4. The first kappa shape index (κ1) is 29.2. The molecule has 202 valence electrons. The highest BCUT2D eigenvalue weighted by molar-refractivity contribution is 7.92. The summed E-state index contributed by atoms with van der Waals surface area (Å²) < 4.78 is 28.6. The number of hydrogen-bond donors (Lipinski definition) is 1. The molecule has 1 atom stereocenters. The van der Waals surface area contributed by atoms with E-state index in [1.165, 1.54) is 17.0 Å². The molecule has 0 unspecified atom stereocenters. The molecule has 0 saturated heterocycles. The number of rotatable bonds is 12. The third kappa shape index (κ3) is 7.58. The third-order valence-electron chi connectivity index (χ3n) is 6.17. The molecule has 2 amide bonds. The summed E-state index contributed by atoms with van der Waals surface area (Å²) in [4.78, 5) is 28.3. The molecule has 3 rings (SSSR count). The number of unbranched alkanes of at least 4 members (excludes halogenated alkanes) is 1. The zero-order chi connectivity index (χ0) is 27.7. The van der Waals surface area contributed by atoms with Crippen LogP contribution in [0, 0.1) is 6.92 Å². The Kier molecular flexibility index (Phi) is 10.3. The lowest BCUT2D eigenvalue weighted by atomic mass is 10.1. The van der Waals surface area contributed by atoms with Gasteiger partial charge in [0, 0.05) is 18.1 Å². The summed E-state index contributed by atoms with van der Waals surface area (Å²) in [7, 11) is -4.08. The van der Waals surface area contributed by atoms with Gasteiger partial charge in [0.2, 0.25) is 11.8 Å². The van der Waals surface area contributed by atoms with E-state index in [4.69, 9.17) is 11.6 Å². The van der Waals surface area contributed by atoms with Crippen LogP contribution in [0.4, 0.5) is 5.69 Å². The third-order valence-corrected chi connectivity index (χ3v) is 8.19. The van der Waals surface area contributed by atoms with E-state index in [1.54, 1.807) is 67.6 Å². The van der Waals surface area contributed by atoms with Crippen molar-refractivity contribution in [1.29, 1.82) is 0 Å². The monoisotopic (exact) mass is 555 g/mol. The SMILES string of the molecule is CCCCNC(=O)[C@@H](C)N(Cc1cccc(Cl)c1)C(=O)CN(c1ccccc1)S(=O)(=O)c1ccc(C)cc1. The number of para-hydroxylation sites is 1. The van der Waals surface area contributed by atoms with E-state index in [0.717, 1.165) is 28.3 Å². The summed E-state index contributed by atoms with van der Waals surface area (Å²) in [5.41, 5.74) is 2.00. The molecule has 38 heavy (non-hydrogen) atoms. The highest BCUT2D eigenvalue weighted by atomic mass is 35.5. The minimum atomic E-state index is -4.08. The van der Waals surface area contributed by atoms with Gasteiger partial charge in [0.25, 0.3) is 10.0 Å². The Balaban J connectivity index is 1.97. The first-order valence-corrected chi connectivity index (χ1v) is 14.4. The minimum Gasteiger partial charge on any atom is -0.354 e. The number of amides is 2. The van der Waals surface area contributed by atoms with Gasteiger partial charge in [0.1, 0.15) is 12.6 Å². The Morgan fingerprint density at radius 1 is 0.974 bits per heavy atom. The van der Waals surface area contributed by atoms with Crippen molar-refractivity contribution in [3.05, 3.63) is 95.0 Å². The van der Waals surface area contributed by atoms with Crippen molar-refractivity contribution >= 4 is 39.1 Å². The van der Waals surface area contributed by atoms with Gasteiger partial charge < -0.3 is 10.2 Å². The van der Waals surface area contributed by atoms with Crippen LogP contribution >= 0.6 is 11.6 Å². The first-order valence-electron chi connectivity index (χ1n) is 12.6. The zero-order valence-electron chi connectivity index (χ0n) is 21.9. The van der Waals surface area contributed by atoms with Crippen molar-refractivity contribution < 1.29 is 18.0 Å². The van der Waals surface area contributed by atoms with Crippen LogP contribution in [0.5, 0.6) is 0 Å². The molecule has 0 spiro atoms. The Hall–Kier alpha value is -3.36. The highest BCUT2D eigenvalue weighted by Gasteiger charge is 2.32. The van der Waals surface area contributed by atoms with E-state index in [-0.39, 0.29) is 17.3 Å². The van der Waals surface area contributed by atoms with E-state index in [2.05, 4.69) is 5.32 Å². The van der Waals surface area contributed by atoms with E-state index < -0.39 is 28.5 Å². The number of nitrogens with zero attached hydrogens (tertiary/aromatic N) is 2. The Morgan fingerprint density at radius 2 is 1.66 bits per heavy atom. The number of halogens is 1. The summed E-state index contributed by atoms with van der Waals surface area (Å²) in [6.07, 6.45) is 1.74. The maximum Gasteiger partial charge on any atom is 0.264 e. The molecule has 0 aromatic heterocycles. The topological polar surface area (TPSA) is 86.8 Å². The smallest absolute Gasteiger partial charge is 0.264 e. The summed E-state index contributed by atoms with van der Waals surface area (Å²) in [6.45, 7) is 5.65. The normalized spacial score (nSPS) is 12.0. The standard InChI is InChI=1S/C29H34ClN3O4S/c1-4-5-18-31-29(35)23(3)32(20-24-10-9-11-25(30)19-24)28(34)21-33(26-12-7-6-8-13-26)38(36,37)27-16-14-22(2)15-17-27/h6-17,19,23H,4-5,18,20-21H2,1-3H3,(H,31,35)/t23-/m1/s1. The molecule has 0 fully saturated rings. The van der Waals surface area contributed by atoms with Crippen LogP contribution in [0.1, 0.15) is 37.8 Å². The predicted molar refractivity (Wildman–Crippen MR) is 152 cm³/mol. The van der Waals surface area contributed by atoms with Crippen molar-refractivity contribution in [2.75, 3.05) is 17.4 Å². The maximum atomic E-state index is 13.8. The van der Waals surface area contributed by atoms with Gasteiger partial charge in [-0.3, -0.25) is 13.9 Å². The predicted octanol–water partition coefficient (Wildman–Crippen LogP) is 5.18. The van der Waals surface area contributed by atoms with Crippen LogP contribution in [0.3, 0.4) is 0 Å². The number of anilines is 1. The first-order chi connectivity index (χ1) is 18.1. The van der Waals surface area contributed by atoms with E-state index in [0.29, 0.717) is 17.3 Å². The molecule has 3 aromatic carbocycles. The molecule has 0 radical (unpaired) electrons. The molecule has 0 aliphatic carbocycles. The molecule has 0 heterocycles. The van der Waals surface area contributed by atoms with Gasteiger partial charge in [0.05, 0.1) is 10.6 Å². The number of nitrogens with one attached hydrogen (secondary N) is 1. The Morgan fingerprint density at radius 3 is 2.29 bits per heavy atom. The molecular formula is C29H34ClN3O4S. The lowest BCUT2D eigenvalue weighted by molar-refractivity contribution is -0.139. The summed E-state index contributed by atoms with van der Waals surface area (Å²) >= 11 is 6.17. The average Bonchev–Trinajstić information content (AvgIpc) is 2.90. The number of hydrogen-bond acceptors (Lipinski definition) is 4. The van der Waals surface area contributed by atoms with Crippen LogP contribution in [-0.2, 0) is 26.2 Å². The second-order valence-electron chi connectivity index (χ2n) is 9.13. The van der Waals surface area contributed by atoms with Crippen molar-refractivity contribution in [3.8, 4) is 0 Å². The maximum absolute atomic E-state index is 13.8.